The predicted molar refractivity (Wildman–Crippen MR) is 506 cm³/mol. The monoisotopic (exact) mass is 1820 g/mol. The highest BCUT2D eigenvalue weighted by molar-refractivity contribution is 8.17. The zero-order valence-corrected chi connectivity index (χ0v) is 78.3. The van der Waals surface area contributed by atoms with Crippen LogP contribution in [0.4, 0.5) is 9.59 Å². The van der Waals surface area contributed by atoms with Crippen LogP contribution in [0, 0.1) is 0 Å². The number of nitrogens with one attached hydrogen (secondary N) is 2. The normalized spacial score (nSPS) is 17.4. The maximum atomic E-state index is 12.8. The Hall–Kier alpha value is -11.1. The van der Waals surface area contributed by atoms with Crippen LogP contribution in [-0.2, 0) is 47.9 Å². The van der Waals surface area contributed by atoms with Gasteiger partial charge in [-0.1, -0.05) is 53.5 Å². The lowest BCUT2D eigenvalue weighted by molar-refractivity contribution is -0.116. The van der Waals surface area contributed by atoms with E-state index in [0.29, 0.717) is 99.6 Å². The summed E-state index contributed by atoms with van der Waals surface area (Å²) in [5.74, 6) is 5.77. The molecule has 0 unspecified atom stereocenters. The first-order valence-corrected chi connectivity index (χ1v) is 45.2. The standard InChI is InChI=1S/C28H34N4O5S.C24H28N4O3S.C23H26N4O3S.C19H25N3O4.ClH/c1-27(2,3)37-26(34)32-14-12-28(13-15-32)30-24(20-7-9-22(35-4)10-8-20)25(31-28)38-18-21(33)16-19-6-11-23(36-5)29-17-19;1-28-12-10-24(11-13-28)26-22(18-5-7-20(30-2)8-6-18)23(27-24)32-16-19(29)14-17-4-9-21(31-3)25-15-17;1-29-19-6-4-17(5-7-19)21-22(27-23(26-21)9-11-24-12-10-23)31-15-18(28)13-16-3-8-20(30-2)25-14-16;1-18(2,3)26-17(24)22-11-9-19(10-12-22)20-15(16(23)21-19)13-5-7-14(25-4)8-6-13;/h6-11,17H,12-16,18H2,1-5H3;4-9,15H,10-14,16H2,1-3H3;3-8,14,24H,9-13,15H2,1-2H3;5-8H,9-12H2,1-4H3,(H,21,23);1H. The first kappa shape index (κ1) is 97.5. The zero-order chi connectivity index (χ0) is 90.5. The van der Waals surface area contributed by atoms with Crippen LogP contribution in [0.3, 0.4) is 0 Å². The fourth-order valence-electron chi connectivity index (χ4n) is 14.9. The average Bonchev–Trinajstić information content (AvgIpc) is 1.65. The van der Waals surface area contributed by atoms with Crippen molar-refractivity contribution in [3.8, 4) is 40.6 Å². The summed E-state index contributed by atoms with van der Waals surface area (Å²) in [6.07, 6.45) is 11.1. The van der Waals surface area contributed by atoms with Gasteiger partial charge in [0.15, 0.2) is 17.0 Å². The van der Waals surface area contributed by atoms with E-state index in [2.05, 4.69) is 37.5 Å². The highest BCUT2D eigenvalue weighted by Crippen LogP contribution is 2.40. The highest BCUT2D eigenvalue weighted by atomic mass is 35.5. The summed E-state index contributed by atoms with van der Waals surface area (Å²) in [6.45, 7) is 16.8. The van der Waals surface area contributed by atoms with Gasteiger partial charge in [-0.15, -0.1) is 12.4 Å². The fraction of sp³-hybridized carbons (Fsp3) is 0.447. The van der Waals surface area contributed by atoms with Gasteiger partial charge in [-0.25, -0.2) is 39.5 Å². The van der Waals surface area contributed by atoms with E-state index in [0.717, 1.165) is 146 Å². The minimum atomic E-state index is -0.654. The van der Waals surface area contributed by atoms with Crippen molar-refractivity contribution in [2.75, 3.05) is 126 Å². The number of halogens is 1. The maximum Gasteiger partial charge on any atom is 0.410 e. The third-order valence-corrected chi connectivity index (χ3v) is 24.9. The summed E-state index contributed by atoms with van der Waals surface area (Å²) in [4.78, 5) is 128. The lowest BCUT2D eigenvalue weighted by Gasteiger charge is -2.37. The lowest BCUT2D eigenvalue weighted by Crippen LogP contribution is -2.53. The third-order valence-electron chi connectivity index (χ3n) is 21.8. The number of piperidine rings is 4. The van der Waals surface area contributed by atoms with Gasteiger partial charge < -0.3 is 68.0 Å². The molecular formula is C94H114ClN15O15S3. The molecule has 0 saturated carbocycles. The summed E-state index contributed by atoms with van der Waals surface area (Å²) < 4.78 is 47.2. The van der Waals surface area contributed by atoms with Gasteiger partial charge in [0, 0.05) is 169 Å². The number of pyridine rings is 3. The fourth-order valence-corrected chi connectivity index (χ4v) is 17.7. The van der Waals surface area contributed by atoms with Crippen LogP contribution in [0.2, 0.25) is 0 Å². The Bertz CT molecular complexity index is 5230. The molecule has 34 heteroatoms. The van der Waals surface area contributed by atoms with Crippen LogP contribution in [0.15, 0.2) is 187 Å². The van der Waals surface area contributed by atoms with Gasteiger partial charge in [-0.05, 0) is 175 Å². The number of hydrogen-bond acceptors (Lipinski definition) is 30. The van der Waals surface area contributed by atoms with Crippen molar-refractivity contribution >= 4 is 121 Å². The minimum Gasteiger partial charge on any atom is -0.497 e. The van der Waals surface area contributed by atoms with Crippen molar-refractivity contribution in [2.45, 2.75) is 146 Å². The molecule has 0 radical (unpaired) electrons. The Kier molecular flexibility index (Phi) is 33.7. The third kappa shape index (κ3) is 26.8. The molecular weight excluding hydrogens is 1710 g/mol. The number of amides is 3. The first-order valence-electron chi connectivity index (χ1n) is 42.3. The van der Waals surface area contributed by atoms with E-state index < -0.39 is 33.9 Å². The van der Waals surface area contributed by atoms with Gasteiger partial charge in [-0.3, -0.25) is 39.1 Å². The molecule has 30 nitrogen and oxygen atoms in total. The van der Waals surface area contributed by atoms with E-state index in [1.165, 1.54) is 35.3 Å². The SMILES string of the molecule is COc1ccc(C2=NC3(CCN(C(=O)OC(C)(C)C)CC3)N=C2SCC(=O)Cc2ccc(OC)nc2)cc1.COc1ccc(C2=NC3(CCN(C(=O)OC(C)(C)C)CC3)NC2=O)cc1.COc1ccc(C2=NC3(CCN(C)CC3)N=C2SCC(=O)Cc2ccc(OC)nc2)cc1.COc1ccc(C2=NC3(CCNCC3)N=C2SCC(=O)Cc2ccc(OC)nc2)cc1.Cl. The largest absolute Gasteiger partial charge is 0.497 e. The Balaban J connectivity index is 0.000000166. The number of benzene rings is 4. The van der Waals surface area contributed by atoms with Gasteiger partial charge in [0.1, 0.15) is 78.1 Å². The van der Waals surface area contributed by atoms with Crippen LogP contribution in [-0.4, -0.2) is 263 Å². The second kappa shape index (κ2) is 44.3. The number of nitrogens with zero attached hydrogens (tertiary/aromatic N) is 13. The number of Topliss-reactive ketones (excluding diaryl/α,β-unsaturated/α-hetero) is 3. The number of hydrogen-bond donors (Lipinski definition) is 2. The number of ether oxygens (including phenoxy) is 9. The Morgan fingerprint density at radius 2 is 0.672 bits per heavy atom. The molecule has 2 N–H and O–H groups in total. The van der Waals surface area contributed by atoms with Gasteiger partial charge in [0.2, 0.25) is 17.6 Å². The molecule has 7 aromatic rings. The average molecular weight is 1830 g/mol. The summed E-state index contributed by atoms with van der Waals surface area (Å²) in [5.41, 5.74) is 6.01. The molecule has 3 amide bonds. The van der Waals surface area contributed by atoms with Crippen LogP contribution >= 0.6 is 47.7 Å². The molecule has 3 aromatic heterocycles. The quantitative estimate of drug-likeness (QED) is 0.0601. The lowest BCUT2D eigenvalue weighted by atomic mass is 9.98. The van der Waals surface area contributed by atoms with Crippen molar-refractivity contribution in [2.24, 2.45) is 34.9 Å². The van der Waals surface area contributed by atoms with E-state index in [-0.39, 0.29) is 60.0 Å². The molecule has 4 fully saturated rings. The molecule has 8 aliphatic rings. The number of aliphatic imine (C=N–C) groups is 7. The Morgan fingerprint density at radius 1 is 0.375 bits per heavy atom. The zero-order valence-electron chi connectivity index (χ0n) is 75.1. The molecule has 15 rings (SSSR count). The Morgan fingerprint density at radius 3 is 0.961 bits per heavy atom. The molecule has 680 valence electrons. The number of methoxy groups -OCH3 is 7. The summed E-state index contributed by atoms with van der Waals surface area (Å²) in [7, 11) is 13.4. The molecule has 0 aliphatic carbocycles. The number of carbonyl (C=O) groups is 6. The van der Waals surface area contributed by atoms with E-state index in [9.17, 15) is 28.8 Å². The first-order chi connectivity index (χ1) is 60.9. The molecule has 128 heavy (non-hydrogen) atoms. The van der Waals surface area contributed by atoms with E-state index in [4.69, 9.17) is 77.6 Å². The minimum absolute atomic E-state index is 0. The molecule has 8 aliphatic heterocycles. The number of thioether (sulfide) groups is 3. The Labute approximate surface area is 767 Å². The molecule has 4 saturated heterocycles. The smallest absolute Gasteiger partial charge is 0.410 e. The van der Waals surface area contributed by atoms with E-state index >= 15 is 0 Å². The maximum absolute atomic E-state index is 12.8. The topological polar surface area (TPSA) is 344 Å². The highest BCUT2D eigenvalue weighted by Gasteiger charge is 2.46. The van der Waals surface area contributed by atoms with Crippen LogP contribution in [0.1, 0.15) is 132 Å². The summed E-state index contributed by atoms with van der Waals surface area (Å²) >= 11 is 4.36. The predicted octanol–water partition coefficient (Wildman–Crippen LogP) is 13.5. The van der Waals surface area contributed by atoms with Gasteiger partial charge in [0.25, 0.3) is 5.91 Å². The van der Waals surface area contributed by atoms with Crippen molar-refractivity contribution in [1.82, 2.24) is 40.3 Å². The molecule has 0 atom stereocenters. The molecule has 0 bridgehead atoms. The summed E-state index contributed by atoms with van der Waals surface area (Å²) in [5, 5.41) is 8.80. The van der Waals surface area contributed by atoms with E-state index in [1.807, 2.05) is 145 Å². The van der Waals surface area contributed by atoms with Crippen LogP contribution in [0.5, 0.6) is 40.6 Å². The number of carbonyl (C=O) groups excluding carboxylic acids is 6. The van der Waals surface area contributed by atoms with Gasteiger partial charge >= 0.3 is 12.2 Å². The second-order valence-electron chi connectivity index (χ2n) is 33.6. The van der Waals surface area contributed by atoms with Crippen molar-refractivity contribution in [3.63, 3.8) is 0 Å². The van der Waals surface area contributed by atoms with Crippen LogP contribution < -0.4 is 43.8 Å². The van der Waals surface area contributed by atoms with Gasteiger partial charge in [0.05, 0.1) is 84.2 Å². The van der Waals surface area contributed by atoms with Crippen LogP contribution in [0.25, 0.3) is 0 Å². The number of rotatable bonds is 23. The van der Waals surface area contributed by atoms with Crippen molar-refractivity contribution in [3.05, 3.63) is 191 Å². The second-order valence-corrected chi connectivity index (χ2v) is 36.5. The van der Waals surface area contributed by atoms with Crippen molar-refractivity contribution in [1.29, 1.82) is 0 Å². The number of aromatic nitrogens is 3. The summed E-state index contributed by atoms with van der Waals surface area (Å²) in [6, 6.07) is 41.6. The molecule has 4 aromatic carbocycles. The van der Waals surface area contributed by atoms with E-state index in [1.54, 1.807) is 108 Å². The molecule has 11 heterocycles. The number of likely N-dealkylation sites (tertiary alicyclic amines) is 3. The number of ketones is 3. The van der Waals surface area contributed by atoms with Crippen molar-refractivity contribution < 1.29 is 71.4 Å². The van der Waals surface area contributed by atoms with Gasteiger partial charge in [-0.2, -0.15) is 0 Å². The molecule has 4 spiro atoms.